The standard InChI is InChI=1S/C16H17N3O5/c1-9-15(10(2)24-19-9)16(22)23-8-14(21)18-13-6-4-5-12(7-13)17-11(3)20/h4-7H,8H2,1-3H3,(H,17,20)(H,18,21). The molecule has 2 amide bonds. The van der Waals surface area contributed by atoms with Crippen LogP contribution in [-0.2, 0) is 14.3 Å². The molecule has 0 aliphatic rings. The maximum absolute atomic E-state index is 11.9. The quantitative estimate of drug-likeness (QED) is 0.811. The van der Waals surface area contributed by atoms with Crippen LogP contribution in [0.1, 0.15) is 28.7 Å². The molecule has 0 bridgehead atoms. The number of hydrogen-bond donors (Lipinski definition) is 2. The van der Waals surface area contributed by atoms with Crippen molar-refractivity contribution in [2.75, 3.05) is 17.2 Å². The van der Waals surface area contributed by atoms with Gasteiger partial charge in [0.15, 0.2) is 6.61 Å². The summed E-state index contributed by atoms with van der Waals surface area (Å²) < 4.78 is 9.83. The molecule has 2 rings (SSSR count). The fourth-order valence-electron chi connectivity index (χ4n) is 2.05. The molecule has 0 spiro atoms. The summed E-state index contributed by atoms with van der Waals surface area (Å²) in [4.78, 5) is 34.8. The highest BCUT2D eigenvalue weighted by molar-refractivity contribution is 5.97. The predicted octanol–water partition coefficient (Wildman–Crippen LogP) is 2.05. The molecule has 0 radical (unpaired) electrons. The van der Waals surface area contributed by atoms with Crippen molar-refractivity contribution in [3.8, 4) is 0 Å². The van der Waals surface area contributed by atoms with Gasteiger partial charge in [0, 0.05) is 18.3 Å². The molecule has 0 unspecified atom stereocenters. The van der Waals surface area contributed by atoms with Gasteiger partial charge >= 0.3 is 5.97 Å². The Bertz CT molecular complexity index is 762. The van der Waals surface area contributed by atoms with Gasteiger partial charge in [-0.25, -0.2) is 4.79 Å². The number of nitrogens with zero attached hydrogens (tertiary/aromatic N) is 1. The zero-order valence-corrected chi connectivity index (χ0v) is 13.5. The minimum Gasteiger partial charge on any atom is -0.452 e. The van der Waals surface area contributed by atoms with Crippen LogP contribution in [0.5, 0.6) is 0 Å². The summed E-state index contributed by atoms with van der Waals surface area (Å²) in [5, 5.41) is 8.84. The first-order chi connectivity index (χ1) is 11.4. The highest BCUT2D eigenvalue weighted by Gasteiger charge is 2.19. The van der Waals surface area contributed by atoms with E-state index in [-0.39, 0.29) is 11.5 Å². The van der Waals surface area contributed by atoms with Gasteiger partial charge in [0.1, 0.15) is 11.3 Å². The first-order valence-corrected chi connectivity index (χ1v) is 7.14. The van der Waals surface area contributed by atoms with Gasteiger partial charge in [0.2, 0.25) is 5.91 Å². The van der Waals surface area contributed by atoms with Crippen LogP contribution in [0.25, 0.3) is 0 Å². The predicted molar refractivity (Wildman–Crippen MR) is 85.6 cm³/mol. The Morgan fingerprint density at radius 2 is 1.83 bits per heavy atom. The van der Waals surface area contributed by atoms with Crippen molar-refractivity contribution in [3.63, 3.8) is 0 Å². The van der Waals surface area contributed by atoms with Crippen LogP contribution in [-0.4, -0.2) is 29.5 Å². The Kier molecular flexibility index (Phi) is 5.31. The van der Waals surface area contributed by atoms with Crippen molar-refractivity contribution in [2.24, 2.45) is 0 Å². The molecule has 0 saturated carbocycles. The number of rotatable bonds is 5. The monoisotopic (exact) mass is 331 g/mol. The Morgan fingerprint density at radius 1 is 1.17 bits per heavy atom. The van der Waals surface area contributed by atoms with Gasteiger partial charge < -0.3 is 19.9 Å². The topological polar surface area (TPSA) is 111 Å². The third-order valence-corrected chi connectivity index (χ3v) is 3.04. The minimum absolute atomic E-state index is 0.216. The Balaban J connectivity index is 1.92. The molecule has 2 N–H and O–H groups in total. The molecular weight excluding hydrogens is 314 g/mol. The van der Waals surface area contributed by atoms with Gasteiger partial charge in [-0.15, -0.1) is 0 Å². The van der Waals surface area contributed by atoms with Crippen LogP contribution in [0, 0.1) is 13.8 Å². The van der Waals surface area contributed by atoms with E-state index >= 15 is 0 Å². The summed E-state index contributed by atoms with van der Waals surface area (Å²) in [6.45, 7) is 4.14. The van der Waals surface area contributed by atoms with Crippen LogP contribution in [0.4, 0.5) is 11.4 Å². The van der Waals surface area contributed by atoms with Crippen LogP contribution in [0.2, 0.25) is 0 Å². The van der Waals surface area contributed by atoms with Crippen molar-refractivity contribution in [1.29, 1.82) is 0 Å². The van der Waals surface area contributed by atoms with E-state index in [1.165, 1.54) is 6.92 Å². The number of aromatic nitrogens is 1. The van der Waals surface area contributed by atoms with E-state index in [0.717, 1.165) is 0 Å². The number of hydrogen-bond acceptors (Lipinski definition) is 6. The molecule has 126 valence electrons. The molecule has 1 aromatic carbocycles. The van der Waals surface area contributed by atoms with Crippen LogP contribution in [0.3, 0.4) is 0 Å². The van der Waals surface area contributed by atoms with Crippen molar-refractivity contribution < 1.29 is 23.6 Å². The molecule has 0 fully saturated rings. The van der Waals surface area contributed by atoms with Crippen LogP contribution >= 0.6 is 0 Å². The van der Waals surface area contributed by atoms with Gasteiger partial charge in [0.25, 0.3) is 5.91 Å². The molecule has 2 aromatic rings. The highest BCUT2D eigenvalue weighted by Crippen LogP contribution is 2.16. The van der Waals surface area contributed by atoms with E-state index in [2.05, 4.69) is 15.8 Å². The van der Waals surface area contributed by atoms with E-state index in [0.29, 0.717) is 22.8 Å². The average molecular weight is 331 g/mol. The zero-order valence-electron chi connectivity index (χ0n) is 13.5. The smallest absolute Gasteiger partial charge is 0.344 e. The molecule has 1 aromatic heterocycles. The SMILES string of the molecule is CC(=O)Nc1cccc(NC(=O)COC(=O)c2c(C)noc2C)c1. The zero-order chi connectivity index (χ0) is 17.7. The fraction of sp³-hybridized carbons (Fsp3) is 0.250. The number of anilines is 2. The van der Waals surface area contributed by atoms with Crippen molar-refractivity contribution in [2.45, 2.75) is 20.8 Å². The molecule has 0 saturated heterocycles. The lowest BCUT2D eigenvalue weighted by molar-refractivity contribution is -0.119. The third-order valence-electron chi connectivity index (χ3n) is 3.04. The van der Waals surface area contributed by atoms with Crippen LogP contribution < -0.4 is 10.6 Å². The largest absolute Gasteiger partial charge is 0.452 e. The summed E-state index contributed by atoms with van der Waals surface area (Å²) in [7, 11) is 0. The Labute approximate surface area is 138 Å². The first kappa shape index (κ1) is 17.2. The molecule has 0 atom stereocenters. The second kappa shape index (κ2) is 7.40. The number of carbonyl (C=O) groups is 3. The maximum atomic E-state index is 11.9. The number of nitrogens with one attached hydrogen (secondary N) is 2. The highest BCUT2D eigenvalue weighted by atomic mass is 16.5. The number of ether oxygens (including phenoxy) is 1. The van der Waals surface area contributed by atoms with Crippen molar-refractivity contribution >= 4 is 29.2 Å². The van der Waals surface area contributed by atoms with Gasteiger partial charge in [-0.2, -0.15) is 0 Å². The second-order valence-corrected chi connectivity index (χ2v) is 5.09. The number of aryl methyl sites for hydroxylation is 2. The lowest BCUT2D eigenvalue weighted by Gasteiger charge is -2.08. The molecule has 8 nitrogen and oxygen atoms in total. The first-order valence-electron chi connectivity index (χ1n) is 7.14. The number of carbonyl (C=O) groups excluding carboxylic acids is 3. The summed E-state index contributed by atoms with van der Waals surface area (Å²) >= 11 is 0. The Hall–Kier alpha value is -3.16. The Morgan fingerprint density at radius 3 is 2.42 bits per heavy atom. The second-order valence-electron chi connectivity index (χ2n) is 5.09. The molecule has 1 heterocycles. The van der Waals surface area contributed by atoms with Gasteiger partial charge in [0.05, 0.1) is 5.69 Å². The van der Waals surface area contributed by atoms with E-state index in [9.17, 15) is 14.4 Å². The lowest BCUT2D eigenvalue weighted by atomic mass is 10.2. The summed E-state index contributed by atoms with van der Waals surface area (Å²) in [6, 6.07) is 6.61. The van der Waals surface area contributed by atoms with E-state index in [1.54, 1.807) is 38.1 Å². The third kappa shape index (κ3) is 4.42. The maximum Gasteiger partial charge on any atom is 0.344 e. The molecule has 8 heteroatoms. The van der Waals surface area contributed by atoms with Crippen LogP contribution in [0.15, 0.2) is 28.8 Å². The summed E-state index contributed by atoms with van der Waals surface area (Å²) in [5.74, 6) is -1.06. The normalized spacial score (nSPS) is 10.1. The lowest BCUT2D eigenvalue weighted by Crippen LogP contribution is -2.21. The molecule has 0 aliphatic carbocycles. The van der Waals surface area contributed by atoms with Crippen molar-refractivity contribution in [3.05, 3.63) is 41.3 Å². The molecular formula is C16H17N3O5. The van der Waals surface area contributed by atoms with Gasteiger partial charge in [-0.3, -0.25) is 9.59 Å². The van der Waals surface area contributed by atoms with E-state index < -0.39 is 18.5 Å². The van der Waals surface area contributed by atoms with Gasteiger partial charge in [-0.1, -0.05) is 11.2 Å². The van der Waals surface area contributed by atoms with Crippen molar-refractivity contribution in [1.82, 2.24) is 5.16 Å². The number of esters is 1. The number of amides is 2. The van der Waals surface area contributed by atoms with E-state index in [4.69, 9.17) is 9.26 Å². The summed E-state index contributed by atoms with van der Waals surface area (Å²) in [6.07, 6.45) is 0. The number of benzene rings is 1. The molecule has 0 aliphatic heterocycles. The van der Waals surface area contributed by atoms with Gasteiger partial charge in [-0.05, 0) is 32.0 Å². The minimum atomic E-state index is -0.673. The average Bonchev–Trinajstić information content (AvgIpc) is 2.83. The van der Waals surface area contributed by atoms with E-state index in [1.807, 2.05) is 0 Å². The summed E-state index contributed by atoms with van der Waals surface area (Å²) in [5.41, 5.74) is 1.64. The fourth-order valence-corrected chi connectivity index (χ4v) is 2.05. The molecule has 24 heavy (non-hydrogen) atoms.